The van der Waals surface area contributed by atoms with E-state index in [4.69, 9.17) is 9.47 Å². The number of halogens is 1. The molecule has 4 rings (SSSR count). The Hall–Kier alpha value is -2.87. The van der Waals surface area contributed by atoms with Gasteiger partial charge in [0.25, 0.3) is 0 Å². The van der Waals surface area contributed by atoms with Gasteiger partial charge in [-0.25, -0.2) is 12.8 Å². The molecule has 2 aromatic carbocycles. The Morgan fingerprint density at radius 1 is 1.11 bits per heavy atom. The van der Waals surface area contributed by atoms with Crippen molar-refractivity contribution in [1.82, 2.24) is 4.98 Å². The third-order valence-electron chi connectivity index (χ3n) is 4.74. The summed E-state index contributed by atoms with van der Waals surface area (Å²) in [6.07, 6.45) is 2.87. The van der Waals surface area contributed by atoms with Crippen molar-refractivity contribution in [1.29, 1.82) is 0 Å². The average molecular weight is 402 g/mol. The van der Waals surface area contributed by atoms with E-state index in [0.29, 0.717) is 35.2 Å². The Morgan fingerprint density at radius 2 is 1.89 bits per heavy atom. The SMILES string of the molecule is COc1ccc2nccc(Oc3ccc(N(C)S(=O)(=O)C4CC4)cc3F)c2c1. The van der Waals surface area contributed by atoms with Gasteiger partial charge in [-0.05, 0) is 49.2 Å². The van der Waals surface area contributed by atoms with Crippen molar-refractivity contribution in [3.63, 3.8) is 0 Å². The lowest BCUT2D eigenvalue weighted by Crippen LogP contribution is -2.29. The van der Waals surface area contributed by atoms with Crippen LogP contribution in [0.1, 0.15) is 12.8 Å². The molecule has 8 heteroatoms. The van der Waals surface area contributed by atoms with Crippen LogP contribution < -0.4 is 13.8 Å². The van der Waals surface area contributed by atoms with E-state index in [9.17, 15) is 12.8 Å². The van der Waals surface area contributed by atoms with E-state index in [0.717, 1.165) is 4.31 Å². The lowest BCUT2D eigenvalue weighted by molar-refractivity contribution is 0.415. The van der Waals surface area contributed by atoms with E-state index in [2.05, 4.69) is 4.98 Å². The molecule has 0 atom stereocenters. The zero-order chi connectivity index (χ0) is 19.9. The first-order valence-corrected chi connectivity index (χ1v) is 10.3. The molecule has 0 saturated heterocycles. The van der Waals surface area contributed by atoms with Crippen molar-refractivity contribution in [3.05, 3.63) is 54.5 Å². The van der Waals surface area contributed by atoms with Gasteiger partial charge < -0.3 is 9.47 Å². The summed E-state index contributed by atoms with van der Waals surface area (Å²) < 4.78 is 51.5. The van der Waals surface area contributed by atoms with Crippen LogP contribution in [0.15, 0.2) is 48.7 Å². The normalized spacial score (nSPS) is 14.1. The Labute approximate surface area is 162 Å². The number of fused-ring (bicyclic) bond motifs is 1. The molecule has 0 amide bonds. The van der Waals surface area contributed by atoms with Crippen molar-refractivity contribution in [2.24, 2.45) is 0 Å². The smallest absolute Gasteiger partial charge is 0.237 e. The van der Waals surface area contributed by atoms with Gasteiger partial charge in [0, 0.05) is 24.7 Å². The first-order valence-electron chi connectivity index (χ1n) is 8.78. The van der Waals surface area contributed by atoms with Crippen LogP contribution in [-0.2, 0) is 10.0 Å². The molecule has 0 spiro atoms. The number of hydrogen-bond acceptors (Lipinski definition) is 5. The third-order valence-corrected chi connectivity index (χ3v) is 7.02. The molecule has 0 unspecified atom stereocenters. The topological polar surface area (TPSA) is 68.7 Å². The Morgan fingerprint density at radius 3 is 2.57 bits per heavy atom. The summed E-state index contributed by atoms with van der Waals surface area (Å²) in [4.78, 5) is 4.27. The van der Waals surface area contributed by atoms with Gasteiger partial charge in [0.05, 0.1) is 23.6 Å². The van der Waals surface area contributed by atoms with E-state index in [1.54, 1.807) is 37.6 Å². The van der Waals surface area contributed by atoms with E-state index >= 15 is 0 Å². The molecule has 0 radical (unpaired) electrons. The van der Waals surface area contributed by atoms with Gasteiger partial charge in [0.1, 0.15) is 11.5 Å². The van der Waals surface area contributed by atoms with Gasteiger partial charge in [0.2, 0.25) is 10.0 Å². The predicted octanol–water partition coefficient (Wildman–Crippen LogP) is 4.10. The highest BCUT2D eigenvalue weighted by atomic mass is 32.2. The molecular weight excluding hydrogens is 383 g/mol. The number of sulfonamides is 1. The van der Waals surface area contributed by atoms with Crippen LogP contribution in [0.25, 0.3) is 10.9 Å². The number of benzene rings is 2. The van der Waals surface area contributed by atoms with Crippen molar-refractivity contribution < 1.29 is 22.3 Å². The van der Waals surface area contributed by atoms with E-state index in [1.807, 2.05) is 0 Å². The van der Waals surface area contributed by atoms with Crippen molar-refractivity contribution >= 4 is 26.6 Å². The third kappa shape index (κ3) is 3.35. The van der Waals surface area contributed by atoms with Crippen molar-refractivity contribution in [2.75, 3.05) is 18.5 Å². The minimum absolute atomic E-state index is 0.00344. The maximum atomic E-state index is 14.7. The summed E-state index contributed by atoms with van der Waals surface area (Å²) in [5, 5.41) is 0.313. The highest BCUT2D eigenvalue weighted by molar-refractivity contribution is 7.93. The second kappa shape index (κ2) is 6.94. The van der Waals surface area contributed by atoms with Crippen LogP contribution in [0.5, 0.6) is 17.2 Å². The number of hydrogen-bond donors (Lipinski definition) is 0. The number of anilines is 1. The second-order valence-electron chi connectivity index (χ2n) is 6.62. The fourth-order valence-corrected chi connectivity index (χ4v) is 4.53. The standard InChI is InChI=1S/C20H19FN2O4S/c1-23(28(24,25)15-5-6-15)13-3-8-20(17(21)11-13)27-19-9-10-22-18-7-4-14(26-2)12-16(18)19/h3-4,7-12,15H,5-6H2,1-2H3. The zero-order valence-electron chi connectivity index (χ0n) is 15.4. The lowest BCUT2D eigenvalue weighted by atomic mass is 10.2. The molecule has 0 bridgehead atoms. The first-order chi connectivity index (χ1) is 13.4. The zero-order valence-corrected chi connectivity index (χ0v) is 16.2. The van der Waals surface area contributed by atoms with Gasteiger partial charge in [-0.15, -0.1) is 0 Å². The minimum atomic E-state index is -3.44. The summed E-state index contributed by atoms with van der Waals surface area (Å²) in [6, 6.07) is 11.1. The van der Waals surface area contributed by atoms with Gasteiger partial charge in [0.15, 0.2) is 11.6 Å². The molecule has 1 aromatic heterocycles. The molecule has 0 N–H and O–H groups in total. The maximum absolute atomic E-state index is 14.7. The summed E-state index contributed by atoms with van der Waals surface area (Å²) in [7, 11) is -0.446. The molecule has 1 fully saturated rings. The quantitative estimate of drug-likeness (QED) is 0.621. The fourth-order valence-electron chi connectivity index (χ4n) is 2.94. The van der Waals surface area contributed by atoms with Gasteiger partial charge in [-0.3, -0.25) is 9.29 Å². The molecule has 6 nitrogen and oxygen atoms in total. The number of methoxy groups -OCH3 is 1. The molecule has 0 aliphatic heterocycles. The number of nitrogens with zero attached hydrogens (tertiary/aromatic N) is 2. The Balaban J connectivity index is 1.65. The van der Waals surface area contributed by atoms with Gasteiger partial charge >= 0.3 is 0 Å². The Bertz CT molecular complexity index is 1150. The predicted molar refractivity (Wildman–Crippen MR) is 105 cm³/mol. The molecule has 1 saturated carbocycles. The molecule has 1 heterocycles. The van der Waals surface area contributed by atoms with Crippen molar-refractivity contribution in [2.45, 2.75) is 18.1 Å². The molecule has 146 valence electrons. The number of rotatable bonds is 6. The summed E-state index contributed by atoms with van der Waals surface area (Å²) in [5.41, 5.74) is 0.948. The first kappa shape index (κ1) is 18.5. The van der Waals surface area contributed by atoms with Crippen molar-refractivity contribution in [3.8, 4) is 17.2 Å². The summed E-state index contributed by atoms with van der Waals surface area (Å²) in [5.74, 6) is 0.405. The summed E-state index contributed by atoms with van der Waals surface area (Å²) >= 11 is 0. The number of pyridine rings is 1. The van der Waals surface area contributed by atoms with Gasteiger partial charge in [-0.2, -0.15) is 0 Å². The minimum Gasteiger partial charge on any atom is -0.497 e. The van der Waals surface area contributed by atoms with Crippen LogP contribution in [0.4, 0.5) is 10.1 Å². The Kier molecular flexibility index (Phi) is 4.58. The highest BCUT2D eigenvalue weighted by Gasteiger charge is 2.39. The molecule has 3 aromatic rings. The monoisotopic (exact) mass is 402 g/mol. The lowest BCUT2D eigenvalue weighted by Gasteiger charge is -2.20. The van der Waals surface area contributed by atoms with Crippen LogP contribution >= 0.6 is 0 Å². The van der Waals surface area contributed by atoms with Crippen LogP contribution in [0.3, 0.4) is 0 Å². The molecular formula is C20H19FN2O4S. The van der Waals surface area contributed by atoms with E-state index in [1.165, 1.54) is 25.2 Å². The summed E-state index contributed by atoms with van der Waals surface area (Å²) in [6.45, 7) is 0. The van der Waals surface area contributed by atoms with E-state index < -0.39 is 15.8 Å². The molecule has 28 heavy (non-hydrogen) atoms. The second-order valence-corrected chi connectivity index (χ2v) is 8.87. The average Bonchev–Trinajstić information content (AvgIpc) is 3.54. The van der Waals surface area contributed by atoms with Crippen LogP contribution in [-0.4, -0.2) is 32.8 Å². The van der Waals surface area contributed by atoms with Crippen LogP contribution in [0.2, 0.25) is 0 Å². The van der Waals surface area contributed by atoms with E-state index in [-0.39, 0.29) is 16.7 Å². The fraction of sp³-hybridized carbons (Fsp3) is 0.250. The maximum Gasteiger partial charge on any atom is 0.237 e. The largest absolute Gasteiger partial charge is 0.497 e. The van der Waals surface area contributed by atoms with Crippen LogP contribution in [0, 0.1) is 5.82 Å². The van der Waals surface area contributed by atoms with Gasteiger partial charge in [-0.1, -0.05) is 0 Å². The molecule has 1 aliphatic rings. The molecule has 1 aliphatic carbocycles. The highest BCUT2D eigenvalue weighted by Crippen LogP contribution is 2.36. The number of aromatic nitrogens is 1. The number of ether oxygens (including phenoxy) is 2.